The Morgan fingerprint density at radius 1 is 1.20 bits per heavy atom. The van der Waals surface area contributed by atoms with Crippen LogP contribution in [0.15, 0.2) is 0 Å². The fourth-order valence-corrected chi connectivity index (χ4v) is 2.63. The molecule has 0 saturated heterocycles. The van der Waals surface area contributed by atoms with E-state index in [0.29, 0.717) is 5.75 Å². The fraction of sp³-hybridized carbons (Fsp3) is 1.00. The summed E-state index contributed by atoms with van der Waals surface area (Å²) >= 11 is 0. The van der Waals surface area contributed by atoms with Gasteiger partial charge in [-0.05, 0) is 24.8 Å². The van der Waals surface area contributed by atoms with Crippen LogP contribution < -0.4 is 5.32 Å². The first-order valence-electron chi connectivity index (χ1n) is 5.71. The zero-order valence-corrected chi connectivity index (χ0v) is 11.3. The maximum Gasteiger partial charge on any atom is 0.147 e. The van der Waals surface area contributed by atoms with E-state index in [9.17, 15) is 8.42 Å². The molecule has 0 saturated carbocycles. The Morgan fingerprint density at radius 2 is 1.80 bits per heavy atom. The molecule has 0 amide bonds. The van der Waals surface area contributed by atoms with Crippen molar-refractivity contribution >= 4 is 9.84 Å². The molecule has 0 aliphatic carbocycles. The first-order chi connectivity index (χ1) is 6.83. The second-order valence-corrected chi connectivity index (χ2v) is 6.98. The van der Waals surface area contributed by atoms with Gasteiger partial charge in [-0.2, -0.15) is 0 Å². The van der Waals surface area contributed by atoms with Crippen LogP contribution in [0, 0.1) is 5.41 Å². The first kappa shape index (κ1) is 14.9. The van der Waals surface area contributed by atoms with Gasteiger partial charge in [0.25, 0.3) is 0 Å². The smallest absolute Gasteiger partial charge is 0.147 e. The Hall–Kier alpha value is -0.0900. The number of rotatable bonds is 8. The Kier molecular flexibility index (Phi) is 6.44. The van der Waals surface area contributed by atoms with E-state index in [-0.39, 0.29) is 5.41 Å². The molecule has 0 aliphatic rings. The van der Waals surface area contributed by atoms with Crippen molar-refractivity contribution in [1.29, 1.82) is 0 Å². The van der Waals surface area contributed by atoms with E-state index >= 15 is 0 Å². The maximum absolute atomic E-state index is 11.1. The predicted molar refractivity (Wildman–Crippen MR) is 65.9 cm³/mol. The summed E-state index contributed by atoms with van der Waals surface area (Å²) in [4.78, 5) is 0. The minimum atomic E-state index is -2.83. The van der Waals surface area contributed by atoms with E-state index in [1.807, 2.05) is 0 Å². The molecule has 0 aromatic heterocycles. The van der Waals surface area contributed by atoms with Crippen molar-refractivity contribution in [2.75, 3.05) is 25.1 Å². The van der Waals surface area contributed by atoms with Gasteiger partial charge in [-0.3, -0.25) is 0 Å². The quantitative estimate of drug-likeness (QED) is 0.698. The van der Waals surface area contributed by atoms with Crippen LogP contribution >= 0.6 is 0 Å². The highest BCUT2D eigenvalue weighted by atomic mass is 32.2. The molecule has 92 valence electrons. The molecule has 1 unspecified atom stereocenters. The first-order valence-corrected chi connectivity index (χ1v) is 7.77. The number of sulfone groups is 1. The summed E-state index contributed by atoms with van der Waals surface area (Å²) in [5.41, 5.74) is 0.119. The van der Waals surface area contributed by atoms with Gasteiger partial charge in [0.05, 0.1) is 5.75 Å². The molecule has 3 nitrogen and oxygen atoms in total. The van der Waals surface area contributed by atoms with Gasteiger partial charge in [0, 0.05) is 12.8 Å². The highest BCUT2D eigenvalue weighted by Crippen LogP contribution is 2.27. The highest BCUT2D eigenvalue weighted by Gasteiger charge is 2.24. The van der Waals surface area contributed by atoms with Gasteiger partial charge in [0.2, 0.25) is 0 Å². The van der Waals surface area contributed by atoms with Crippen molar-refractivity contribution in [3.63, 3.8) is 0 Å². The lowest BCUT2D eigenvalue weighted by atomic mass is 9.83. The van der Waals surface area contributed by atoms with Crippen molar-refractivity contribution in [2.24, 2.45) is 5.41 Å². The number of nitrogens with one attached hydrogen (secondary N) is 1. The van der Waals surface area contributed by atoms with Crippen molar-refractivity contribution in [3.8, 4) is 0 Å². The summed E-state index contributed by atoms with van der Waals surface area (Å²) in [7, 11) is -2.83. The Balaban J connectivity index is 4.24. The van der Waals surface area contributed by atoms with Crippen molar-refractivity contribution in [2.45, 2.75) is 40.0 Å². The van der Waals surface area contributed by atoms with E-state index in [0.717, 1.165) is 32.4 Å². The number of hydrogen-bond acceptors (Lipinski definition) is 3. The van der Waals surface area contributed by atoms with Crippen LogP contribution in [0.5, 0.6) is 0 Å². The van der Waals surface area contributed by atoms with Crippen LogP contribution in [-0.2, 0) is 9.84 Å². The molecule has 1 N–H and O–H groups in total. The Morgan fingerprint density at radius 3 is 2.20 bits per heavy atom. The molecule has 0 aromatic carbocycles. The minimum absolute atomic E-state index is 0.119. The summed E-state index contributed by atoms with van der Waals surface area (Å²) in [6.45, 7) is 8.24. The van der Waals surface area contributed by atoms with Gasteiger partial charge in [-0.1, -0.05) is 27.2 Å². The van der Waals surface area contributed by atoms with Gasteiger partial charge in [-0.25, -0.2) is 8.42 Å². The molecule has 0 spiro atoms. The lowest BCUT2D eigenvalue weighted by Crippen LogP contribution is -2.33. The van der Waals surface area contributed by atoms with Crippen molar-refractivity contribution < 1.29 is 8.42 Å². The van der Waals surface area contributed by atoms with E-state index in [1.165, 1.54) is 6.26 Å². The van der Waals surface area contributed by atoms with Crippen LogP contribution in [0.25, 0.3) is 0 Å². The molecule has 15 heavy (non-hydrogen) atoms. The second kappa shape index (κ2) is 6.48. The van der Waals surface area contributed by atoms with E-state index in [4.69, 9.17) is 0 Å². The summed E-state index contributed by atoms with van der Waals surface area (Å²) in [6.07, 6.45) is 4.25. The van der Waals surface area contributed by atoms with Crippen LogP contribution in [0.1, 0.15) is 40.0 Å². The van der Waals surface area contributed by atoms with E-state index in [1.54, 1.807) is 0 Å². The molecule has 4 heteroatoms. The maximum atomic E-state index is 11.1. The lowest BCUT2D eigenvalue weighted by molar-refractivity contribution is 0.270. The van der Waals surface area contributed by atoms with E-state index < -0.39 is 9.84 Å². The standard InChI is InChI=1S/C11H25NO2S/c1-5-7-11(3,10-12-6-2)8-9-15(4,13)14/h12H,5-10H2,1-4H3. The average molecular weight is 235 g/mol. The largest absolute Gasteiger partial charge is 0.316 e. The van der Waals surface area contributed by atoms with Crippen molar-refractivity contribution in [3.05, 3.63) is 0 Å². The summed E-state index contributed by atoms with van der Waals surface area (Å²) in [5.74, 6) is 0.300. The minimum Gasteiger partial charge on any atom is -0.316 e. The zero-order chi connectivity index (χ0) is 11.9. The molecule has 0 radical (unpaired) electrons. The molecule has 0 heterocycles. The second-order valence-electron chi connectivity index (χ2n) is 4.72. The summed E-state index contributed by atoms with van der Waals surface area (Å²) in [5, 5.41) is 3.32. The third-order valence-corrected chi connectivity index (χ3v) is 3.68. The molecule has 0 fully saturated rings. The lowest BCUT2D eigenvalue weighted by Gasteiger charge is -2.29. The van der Waals surface area contributed by atoms with Crippen molar-refractivity contribution in [1.82, 2.24) is 5.32 Å². The third-order valence-electron chi connectivity index (χ3n) is 2.73. The predicted octanol–water partition coefficient (Wildman–Crippen LogP) is 1.84. The average Bonchev–Trinajstić information content (AvgIpc) is 2.12. The van der Waals surface area contributed by atoms with Gasteiger partial charge < -0.3 is 5.32 Å². The molecule has 0 rings (SSSR count). The fourth-order valence-electron chi connectivity index (χ4n) is 1.76. The molecular formula is C11H25NO2S. The van der Waals surface area contributed by atoms with Gasteiger partial charge in [-0.15, -0.1) is 0 Å². The topological polar surface area (TPSA) is 46.2 Å². The Bertz CT molecular complexity index is 262. The normalized spacial score (nSPS) is 16.3. The molecular weight excluding hydrogens is 210 g/mol. The van der Waals surface area contributed by atoms with Crippen LogP contribution in [0.4, 0.5) is 0 Å². The molecule has 1 atom stereocenters. The highest BCUT2D eigenvalue weighted by molar-refractivity contribution is 7.90. The Labute approximate surface area is 94.6 Å². The number of hydrogen-bond donors (Lipinski definition) is 1. The van der Waals surface area contributed by atoms with Crippen LogP contribution in [0.2, 0.25) is 0 Å². The SMILES string of the molecule is CCCC(C)(CCS(C)(=O)=O)CNCC. The summed E-state index contributed by atoms with van der Waals surface area (Å²) in [6, 6.07) is 0. The van der Waals surface area contributed by atoms with Gasteiger partial charge >= 0.3 is 0 Å². The molecule has 0 aliphatic heterocycles. The van der Waals surface area contributed by atoms with Gasteiger partial charge in [0.1, 0.15) is 9.84 Å². The van der Waals surface area contributed by atoms with E-state index in [2.05, 4.69) is 26.1 Å². The third kappa shape index (κ3) is 7.79. The van der Waals surface area contributed by atoms with Gasteiger partial charge in [0.15, 0.2) is 0 Å². The summed E-state index contributed by atoms with van der Waals surface area (Å²) < 4.78 is 22.3. The monoisotopic (exact) mass is 235 g/mol. The van der Waals surface area contributed by atoms with Crippen LogP contribution in [0.3, 0.4) is 0 Å². The zero-order valence-electron chi connectivity index (χ0n) is 10.5. The molecule has 0 aromatic rings. The molecule has 0 bridgehead atoms. The van der Waals surface area contributed by atoms with Crippen LogP contribution in [-0.4, -0.2) is 33.5 Å².